The largest absolute Gasteiger partial charge is 0.391 e. The third-order valence-corrected chi connectivity index (χ3v) is 2.18. The van der Waals surface area contributed by atoms with Crippen LogP contribution in [0.1, 0.15) is 0 Å². The van der Waals surface area contributed by atoms with E-state index >= 15 is 0 Å². The molecule has 0 bridgehead atoms. The molecule has 0 atom stereocenters. The molecular weight excluding hydrogens is 375 g/mol. The molecule has 0 unspecified atom stereocenters. The van der Waals surface area contributed by atoms with Crippen molar-refractivity contribution in [1.29, 1.82) is 0 Å². The summed E-state index contributed by atoms with van der Waals surface area (Å²) in [5.41, 5.74) is 1.32. The molecule has 1 aromatic rings. The van der Waals surface area contributed by atoms with Gasteiger partial charge in [-0.1, -0.05) is 5.69 Å². The number of nitrogens with zero attached hydrogens (tertiary/aromatic N) is 1. The van der Waals surface area contributed by atoms with E-state index in [2.05, 4.69) is 28.4 Å². The molecule has 0 aromatic heterocycles. The maximum atomic E-state index is 3.33. The predicted molar refractivity (Wildman–Crippen MR) is 50.4 cm³/mol. The van der Waals surface area contributed by atoms with Gasteiger partial charge in [0.05, 0.1) is 0 Å². The third kappa shape index (κ3) is 3.23. The first-order valence-corrected chi connectivity index (χ1v) is 4.38. The van der Waals surface area contributed by atoms with Gasteiger partial charge in [0.25, 0.3) is 0 Å². The van der Waals surface area contributed by atoms with Gasteiger partial charge in [0.1, 0.15) is 0 Å². The van der Waals surface area contributed by atoms with E-state index in [1.54, 1.807) is 0 Å². The van der Waals surface area contributed by atoms with Crippen molar-refractivity contribution in [2.75, 3.05) is 31.1 Å². The van der Waals surface area contributed by atoms with Crippen LogP contribution in [0.4, 0.5) is 5.69 Å². The minimum absolute atomic E-state index is 0. The summed E-state index contributed by atoms with van der Waals surface area (Å²) in [7, 11) is 0. The smallest absolute Gasteiger partial charge is 0.0282 e. The maximum Gasteiger partial charge on any atom is 0.0282 e. The van der Waals surface area contributed by atoms with Crippen LogP contribution >= 0.6 is 0 Å². The molecule has 0 aliphatic carbocycles. The number of benzene rings is 1. The molecule has 1 radical (unpaired) electrons. The maximum absolute atomic E-state index is 3.33. The molecule has 0 saturated carbocycles. The zero-order valence-corrected chi connectivity index (χ0v) is 12.4. The summed E-state index contributed by atoms with van der Waals surface area (Å²) in [6.45, 7) is 4.42. The third-order valence-electron chi connectivity index (χ3n) is 2.18. The molecule has 0 amide bonds. The van der Waals surface area contributed by atoms with Crippen molar-refractivity contribution in [3.8, 4) is 0 Å². The fraction of sp³-hybridized carbons (Fsp3) is 0.400. The van der Waals surface area contributed by atoms with Crippen molar-refractivity contribution in [3.05, 3.63) is 30.3 Å². The molecule has 2 rings (SSSR count). The summed E-state index contributed by atoms with van der Waals surface area (Å²) in [6, 6.07) is 11.2. The molecule has 0 spiro atoms. The molecule has 3 heteroatoms. The summed E-state index contributed by atoms with van der Waals surface area (Å²) in [6.07, 6.45) is 0. The van der Waals surface area contributed by atoms with Crippen molar-refractivity contribution in [3.63, 3.8) is 0 Å². The fourth-order valence-electron chi connectivity index (χ4n) is 1.51. The van der Waals surface area contributed by atoms with E-state index in [0.717, 1.165) is 26.2 Å². The number of nitrogens with one attached hydrogen (secondary N) is 1. The van der Waals surface area contributed by atoms with E-state index in [0.29, 0.717) is 0 Å². The van der Waals surface area contributed by atoms with E-state index in [1.807, 2.05) is 12.1 Å². The number of anilines is 1. The van der Waals surface area contributed by atoms with Crippen LogP contribution in [0.3, 0.4) is 0 Å². The molecule has 1 heterocycles. The van der Waals surface area contributed by atoms with Crippen LogP contribution < -0.4 is 10.2 Å². The van der Waals surface area contributed by atoms with Crippen molar-refractivity contribution >= 4 is 5.69 Å². The second-order valence-electron chi connectivity index (χ2n) is 3.00. The molecule has 1 N–H and O–H groups in total. The van der Waals surface area contributed by atoms with Gasteiger partial charge in [0, 0.05) is 70.2 Å². The van der Waals surface area contributed by atoms with E-state index < -0.39 is 0 Å². The van der Waals surface area contributed by atoms with Crippen molar-refractivity contribution < 1.29 is 44.1 Å². The zero-order valence-electron chi connectivity index (χ0n) is 7.66. The second kappa shape index (κ2) is 6.01. The number of hydrogen-bond acceptors (Lipinski definition) is 2. The van der Waals surface area contributed by atoms with Crippen LogP contribution in [-0.4, -0.2) is 26.2 Å². The molecule has 1 aliphatic rings. The number of hydrogen-bond donors (Lipinski definition) is 1. The standard InChI is InChI=1S/C10H13N2.Ac/c1-2-4-10(5-3-1)12-8-6-11-7-9-12;/h2-5,11H,6-9H2;/q-1;. The minimum atomic E-state index is 0. The Bertz CT molecular complexity index is 232. The van der Waals surface area contributed by atoms with Crippen LogP contribution in [0.15, 0.2) is 24.3 Å². The van der Waals surface area contributed by atoms with E-state index in [1.165, 1.54) is 5.69 Å². The Kier molecular flexibility index (Phi) is 5.31. The van der Waals surface area contributed by atoms with E-state index in [4.69, 9.17) is 0 Å². The Morgan fingerprint density at radius 1 is 1.15 bits per heavy atom. The molecular formula is C10H13AcN2-. The Labute approximate surface area is 115 Å². The zero-order chi connectivity index (χ0) is 8.23. The molecule has 1 aliphatic heterocycles. The van der Waals surface area contributed by atoms with Crippen LogP contribution in [0.2, 0.25) is 0 Å². The van der Waals surface area contributed by atoms with E-state index in [-0.39, 0.29) is 44.1 Å². The monoisotopic (exact) mass is 388 g/mol. The van der Waals surface area contributed by atoms with Gasteiger partial charge in [0.2, 0.25) is 0 Å². The van der Waals surface area contributed by atoms with Crippen LogP contribution in [-0.2, 0) is 0 Å². The van der Waals surface area contributed by atoms with Gasteiger partial charge in [0.15, 0.2) is 0 Å². The normalized spacial score (nSPS) is 16.5. The Morgan fingerprint density at radius 2 is 1.77 bits per heavy atom. The summed E-state index contributed by atoms with van der Waals surface area (Å²) < 4.78 is 0. The average molecular weight is 388 g/mol. The van der Waals surface area contributed by atoms with Gasteiger partial charge in [-0.2, -0.15) is 18.2 Å². The van der Waals surface area contributed by atoms with Gasteiger partial charge in [-0.25, -0.2) is 0 Å². The summed E-state index contributed by atoms with van der Waals surface area (Å²) in [4.78, 5) is 2.39. The topological polar surface area (TPSA) is 15.3 Å². The minimum Gasteiger partial charge on any atom is -0.391 e. The Morgan fingerprint density at radius 3 is 2.38 bits per heavy atom. The number of rotatable bonds is 1. The average Bonchev–Trinajstić information content (AvgIpc) is 2.21. The second-order valence-corrected chi connectivity index (χ2v) is 3.00. The van der Waals surface area contributed by atoms with Gasteiger partial charge in [-0.05, 0) is 0 Å². The van der Waals surface area contributed by atoms with Crippen molar-refractivity contribution in [1.82, 2.24) is 5.32 Å². The molecule has 67 valence electrons. The van der Waals surface area contributed by atoms with Crippen LogP contribution in [0, 0.1) is 50.1 Å². The van der Waals surface area contributed by atoms with Crippen LogP contribution in [0.5, 0.6) is 0 Å². The molecule has 13 heavy (non-hydrogen) atoms. The Hall–Kier alpha value is 0.422. The van der Waals surface area contributed by atoms with Gasteiger partial charge >= 0.3 is 0 Å². The SMILES string of the molecule is [Ac].[c-]1ccc(N2CCNCC2)cc1. The Balaban J connectivity index is 0.000000845. The van der Waals surface area contributed by atoms with Crippen molar-refractivity contribution in [2.45, 2.75) is 0 Å². The van der Waals surface area contributed by atoms with Crippen molar-refractivity contribution in [2.24, 2.45) is 0 Å². The quantitative estimate of drug-likeness (QED) is 0.720. The fourth-order valence-corrected chi connectivity index (χ4v) is 1.51. The first kappa shape index (κ1) is 11.5. The predicted octanol–water partition coefficient (Wildman–Crippen LogP) is 0.896. The summed E-state index contributed by atoms with van der Waals surface area (Å²) in [5, 5.41) is 3.33. The molecule has 1 fully saturated rings. The molecule has 1 saturated heterocycles. The molecule has 1 aromatic carbocycles. The summed E-state index contributed by atoms with van der Waals surface area (Å²) >= 11 is 0. The van der Waals surface area contributed by atoms with E-state index in [9.17, 15) is 0 Å². The van der Waals surface area contributed by atoms with Crippen LogP contribution in [0.25, 0.3) is 0 Å². The molecule has 2 nitrogen and oxygen atoms in total. The van der Waals surface area contributed by atoms with Gasteiger partial charge in [-0.3, -0.25) is 0 Å². The van der Waals surface area contributed by atoms with Gasteiger partial charge in [-0.15, -0.1) is 12.1 Å². The summed E-state index contributed by atoms with van der Waals surface area (Å²) in [5.74, 6) is 0. The van der Waals surface area contributed by atoms with Gasteiger partial charge < -0.3 is 10.2 Å². The first-order chi connectivity index (χ1) is 5.97. The number of piperazine rings is 1. The first-order valence-electron chi connectivity index (χ1n) is 4.38.